The molecule has 0 amide bonds. The van der Waals surface area contributed by atoms with Crippen molar-refractivity contribution < 1.29 is 9.53 Å². The fourth-order valence-corrected chi connectivity index (χ4v) is 2.80. The molecule has 0 fully saturated rings. The van der Waals surface area contributed by atoms with E-state index in [0.29, 0.717) is 21.3 Å². The van der Waals surface area contributed by atoms with Gasteiger partial charge in [-0.25, -0.2) is 14.8 Å². The Hall–Kier alpha value is -2.16. The van der Waals surface area contributed by atoms with Gasteiger partial charge < -0.3 is 10.5 Å². The van der Waals surface area contributed by atoms with E-state index in [1.54, 1.807) is 30.5 Å². The minimum Gasteiger partial charge on any atom is -0.454 e. The first-order valence-electron chi connectivity index (χ1n) is 6.89. The first kappa shape index (κ1) is 17.7. The lowest BCUT2D eigenvalue weighted by molar-refractivity contribution is 0.0459. The van der Waals surface area contributed by atoms with Gasteiger partial charge in [0.15, 0.2) is 11.5 Å². The molecule has 3 N–H and O–H groups in total. The van der Waals surface area contributed by atoms with Gasteiger partial charge in [0.2, 0.25) is 0 Å². The smallest absolute Gasteiger partial charge is 0.358 e. The minimum absolute atomic E-state index is 0.00645. The third-order valence-corrected chi connectivity index (χ3v) is 4.49. The molecule has 3 rings (SSSR count). The molecule has 0 aliphatic carbocycles. The normalized spacial score (nSPS) is 10.7. The average molecular weight is 443 g/mol. The zero-order valence-electron chi connectivity index (χ0n) is 12.5. The molecule has 0 saturated heterocycles. The number of nitrogens with zero attached hydrogens (tertiary/aromatic N) is 3. The number of nitrogens with two attached hydrogens (primary N) is 1. The van der Waals surface area contributed by atoms with E-state index in [1.165, 1.54) is 0 Å². The molecule has 0 bridgehead atoms. The number of carbonyl (C=O) groups excluding carboxylic acids is 1. The van der Waals surface area contributed by atoms with Crippen LogP contribution < -0.4 is 5.73 Å². The van der Waals surface area contributed by atoms with E-state index in [4.69, 9.17) is 33.7 Å². The monoisotopic (exact) mass is 441 g/mol. The second-order valence-electron chi connectivity index (χ2n) is 4.88. The van der Waals surface area contributed by atoms with Crippen LogP contribution in [-0.2, 0) is 11.3 Å². The summed E-state index contributed by atoms with van der Waals surface area (Å²) >= 11 is 15.3. The lowest BCUT2D eigenvalue weighted by Crippen LogP contribution is -2.12. The number of halogens is 3. The second kappa shape index (κ2) is 7.38. The standard InChI is InChI=1S/C15H10BrCl2N5O2/c16-11-12(15(24)25-6-8-3-4-20-23-8)21-14(22-13(11)19)9-2-1-7(17)5-10(9)18/h1-5H,6H2,(H,20,23)(H2,19,21,22). The Morgan fingerprint density at radius 3 is 2.76 bits per heavy atom. The van der Waals surface area contributed by atoms with Gasteiger partial charge in [0.05, 0.1) is 15.2 Å². The predicted octanol–water partition coefficient (Wildman–Crippen LogP) is 3.88. The molecule has 0 radical (unpaired) electrons. The van der Waals surface area contributed by atoms with Crippen molar-refractivity contribution in [1.82, 2.24) is 20.2 Å². The van der Waals surface area contributed by atoms with Crippen molar-refractivity contribution in [2.45, 2.75) is 6.61 Å². The summed E-state index contributed by atoms with van der Waals surface area (Å²) in [6.07, 6.45) is 1.56. The fourth-order valence-electron chi connectivity index (χ4n) is 1.97. The summed E-state index contributed by atoms with van der Waals surface area (Å²) in [5.74, 6) is -0.387. The van der Waals surface area contributed by atoms with Crippen molar-refractivity contribution in [3.05, 3.63) is 56.4 Å². The highest BCUT2D eigenvalue weighted by atomic mass is 79.9. The predicted molar refractivity (Wildman–Crippen MR) is 97.3 cm³/mol. The van der Waals surface area contributed by atoms with Crippen LogP contribution in [0.15, 0.2) is 34.9 Å². The summed E-state index contributed by atoms with van der Waals surface area (Å²) in [5, 5.41) is 7.28. The largest absolute Gasteiger partial charge is 0.454 e. The molecule has 1 aromatic carbocycles. The van der Waals surface area contributed by atoms with E-state index in [2.05, 4.69) is 36.1 Å². The molecular formula is C15H10BrCl2N5O2. The number of nitrogen functional groups attached to an aromatic ring is 1. The first-order valence-corrected chi connectivity index (χ1v) is 8.44. The van der Waals surface area contributed by atoms with Crippen molar-refractivity contribution >= 4 is 50.9 Å². The molecule has 10 heteroatoms. The maximum Gasteiger partial charge on any atom is 0.358 e. The molecule has 0 atom stereocenters. The van der Waals surface area contributed by atoms with Crippen LogP contribution in [0.25, 0.3) is 11.4 Å². The number of rotatable bonds is 4. The summed E-state index contributed by atoms with van der Waals surface area (Å²) in [5.41, 5.74) is 7.01. The highest BCUT2D eigenvalue weighted by Gasteiger charge is 2.20. The van der Waals surface area contributed by atoms with E-state index < -0.39 is 5.97 Å². The molecule has 2 heterocycles. The average Bonchev–Trinajstić information content (AvgIpc) is 3.08. The van der Waals surface area contributed by atoms with Crippen LogP contribution >= 0.6 is 39.1 Å². The molecular weight excluding hydrogens is 433 g/mol. The number of hydrogen-bond acceptors (Lipinski definition) is 6. The van der Waals surface area contributed by atoms with Gasteiger partial charge in [-0.05, 0) is 40.2 Å². The zero-order chi connectivity index (χ0) is 18.0. The van der Waals surface area contributed by atoms with E-state index in [1.807, 2.05) is 0 Å². The zero-order valence-corrected chi connectivity index (χ0v) is 15.6. The Morgan fingerprint density at radius 2 is 2.08 bits per heavy atom. The van der Waals surface area contributed by atoms with Gasteiger partial charge in [-0.2, -0.15) is 5.10 Å². The number of nitrogens with one attached hydrogen (secondary N) is 1. The minimum atomic E-state index is -0.665. The molecule has 0 aliphatic heterocycles. The maximum absolute atomic E-state index is 12.3. The van der Waals surface area contributed by atoms with Crippen LogP contribution in [0.5, 0.6) is 0 Å². The third-order valence-electron chi connectivity index (χ3n) is 3.16. The van der Waals surface area contributed by atoms with Gasteiger partial charge >= 0.3 is 5.97 Å². The number of H-pyrrole nitrogens is 1. The molecule has 0 aliphatic rings. The van der Waals surface area contributed by atoms with Gasteiger partial charge in [0.25, 0.3) is 0 Å². The van der Waals surface area contributed by atoms with Crippen LogP contribution in [0, 0.1) is 0 Å². The first-order chi connectivity index (χ1) is 12.0. The Labute approximate surface area is 160 Å². The van der Waals surface area contributed by atoms with Crippen LogP contribution in [0.1, 0.15) is 16.2 Å². The summed E-state index contributed by atoms with van der Waals surface area (Å²) in [4.78, 5) is 20.7. The molecule has 128 valence electrons. The summed E-state index contributed by atoms with van der Waals surface area (Å²) < 4.78 is 5.45. The number of ether oxygens (including phenoxy) is 1. The van der Waals surface area contributed by atoms with Gasteiger partial charge in [-0.15, -0.1) is 0 Å². The van der Waals surface area contributed by atoms with Gasteiger partial charge in [-0.3, -0.25) is 5.10 Å². The van der Waals surface area contributed by atoms with Gasteiger partial charge in [-0.1, -0.05) is 23.2 Å². The van der Waals surface area contributed by atoms with Gasteiger partial charge in [0.1, 0.15) is 12.4 Å². The SMILES string of the molecule is Nc1nc(-c2ccc(Cl)cc2Cl)nc(C(=O)OCc2ccn[nH]2)c1Br. The van der Waals surface area contributed by atoms with Crippen LogP contribution in [0.3, 0.4) is 0 Å². The highest BCUT2D eigenvalue weighted by Crippen LogP contribution is 2.31. The van der Waals surface area contributed by atoms with E-state index >= 15 is 0 Å². The molecule has 0 saturated carbocycles. The summed E-state index contributed by atoms with van der Waals surface area (Å²) in [6, 6.07) is 6.53. The highest BCUT2D eigenvalue weighted by molar-refractivity contribution is 9.10. The van der Waals surface area contributed by atoms with E-state index in [0.717, 1.165) is 0 Å². The van der Waals surface area contributed by atoms with Crippen molar-refractivity contribution in [2.24, 2.45) is 0 Å². The van der Waals surface area contributed by atoms with Crippen molar-refractivity contribution in [2.75, 3.05) is 5.73 Å². The molecule has 25 heavy (non-hydrogen) atoms. The van der Waals surface area contributed by atoms with Gasteiger partial charge in [0, 0.05) is 16.8 Å². The lowest BCUT2D eigenvalue weighted by atomic mass is 10.2. The Bertz CT molecular complexity index is 934. The maximum atomic E-state index is 12.3. The molecule has 7 nitrogen and oxygen atoms in total. The summed E-state index contributed by atoms with van der Waals surface area (Å²) in [6.45, 7) is 0.0201. The number of anilines is 1. The molecule has 0 spiro atoms. The molecule has 0 unspecified atom stereocenters. The number of esters is 1. The molecule has 2 aromatic heterocycles. The van der Waals surface area contributed by atoms with Crippen LogP contribution in [0.2, 0.25) is 10.0 Å². The molecule has 3 aromatic rings. The van der Waals surface area contributed by atoms with Crippen LogP contribution in [-0.4, -0.2) is 26.1 Å². The van der Waals surface area contributed by atoms with E-state index in [-0.39, 0.29) is 28.4 Å². The number of hydrogen-bond donors (Lipinski definition) is 2. The number of carbonyl (C=O) groups is 1. The Kier molecular flexibility index (Phi) is 5.22. The number of aromatic nitrogens is 4. The number of aromatic amines is 1. The van der Waals surface area contributed by atoms with Crippen molar-refractivity contribution in [3.63, 3.8) is 0 Å². The second-order valence-corrected chi connectivity index (χ2v) is 6.51. The topological polar surface area (TPSA) is 107 Å². The van der Waals surface area contributed by atoms with Crippen LogP contribution in [0.4, 0.5) is 5.82 Å². The van der Waals surface area contributed by atoms with Crippen molar-refractivity contribution in [3.8, 4) is 11.4 Å². The summed E-state index contributed by atoms with van der Waals surface area (Å²) in [7, 11) is 0. The Balaban J connectivity index is 1.93. The lowest BCUT2D eigenvalue weighted by Gasteiger charge is -2.10. The third kappa shape index (κ3) is 3.92. The Morgan fingerprint density at radius 1 is 1.28 bits per heavy atom. The number of benzene rings is 1. The fraction of sp³-hybridized carbons (Fsp3) is 0.0667. The van der Waals surface area contributed by atoms with E-state index in [9.17, 15) is 4.79 Å². The quantitative estimate of drug-likeness (QED) is 0.593. The van der Waals surface area contributed by atoms with Crippen molar-refractivity contribution in [1.29, 1.82) is 0 Å².